The zero-order chi connectivity index (χ0) is 9.84. The molecular formula is C10H10FNS. The largest absolute Gasteiger partial charge is 0.225 e. The molecule has 0 spiro atoms. The lowest BCUT2D eigenvalue weighted by Crippen LogP contribution is -1.91. The number of aryl methyl sites for hydroxylation is 1. The topological polar surface area (TPSA) is 12.4 Å². The monoisotopic (exact) mass is 195 g/mol. The van der Waals surface area contributed by atoms with Gasteiger partial charge in [0.2, 0.25) is 0 Å². The summed E-state index contributed by atoms with van der Waals surface area (Å²) in [6, 6.07) is 4.95. The molecule has 0 fully saturated rings. The number of rotatable bonds is 2. The lowest BCUT2D eigenvalue weighted by atomic mass is 10.1. The van der Waals surface area contributed by atoms with Gasteiger partial charge in [-0.25, -0.2) is 9.38 Å². The van der Waals surface area contributed by atoms with Gasteiger partial charge in [-0.2, -0.15) is 0 Å². The average molecular weight is 195 g/mol. The molecule has 3 heteroatoms. The minimum Gasteiger partial charge on any atom is -0.225 e. The molecular weight excluding hydrogens is 185 g/mol. The van der Waals surface area contributed by atoms with Crippen LogP contribution in [-0.4, -0.2) is 5.16 Å². The predicted octanol–water partition coefficient (Wildman–Crippen LogP) is 3.30. The van der Waals surface area contributed by atoms with Crippen molar-refractivity contribution in [3.05, 3.63) is 35.1 Å². The third-order valence-electron chi connectivity index (χ3n) is 1.92. The Morgan fingerprint density at radius 1 is 1.54 bits per heavy atom. The number of halogens is 1. The van der Waals surface area contributed by atoms with Crippen molar-refractivity contribution in [2.24, 2.45) is 4.99 Å². The van der Waals surface area contributed by atoms with E-state index in [1.165, 1.54) is 6.07 Å². The van der Waals surface area contributed by atoms with Gasteiger partial charge in [0.15, 0.2) is 0 Å². The third-order valence-corrected chi connectivity index (χ3v) is 2.03. The molecule has 0 aromatic heterocycles. The first-order chi connectivity index (χ1) is 6.15. The van der Waals surface area contributed by atoms with Crippen molar-refractivity contribution in [2.75, 3.05) is 0 Å². The molecule has 68 valence electrons. The second-order valence-electron chi connectivity index (χ2n) is 2.90. The van der Waals surface area contributed by atoms with Gasteiger partial charge < -0.3 is 0 Å². The molecule has 0 heterocycles. The fourth-order valence-corrected chi connectivity index (χ4v) is 1.18. The number of aliphatic imine (C=N–C) groups is 1. The summed E-state index contributed by atoms with van der Waals surface area (Å²) in [6.45, 7) is 3.58. The van der Waals surface area contributed by atoms with Crippen molar-refractivity contribution in [3.8, 4) is 0 Å². The van der Waals surface area contributed by atoms with E-state index in [2.05, 4.69) is 22.4 Å². The van der Waals surface area contributed by atoms with E-state index in [1.54, 1.807) is 13.0 Å². The standard InChI is InChI=1S/C10H10FNS/c1-7-3-4-9(5-10(7)11)8(2)12-6-13/h3-5,8H,1-2H3. The summed E-state index contributed by atoms with van der Waals surface area (Å²) in [5, 5.41) is 2.29. The summed E-state index contributed by atoms with van der Waals surface area (Å²) in [5.41, 5.74) is 1.46. The van der Waals surface area contributed by atoms with E-state index < -0.39 is 0 Å². The van der Waals surface area contributed by atoms with Crippen LogP contribution in [0.5, 0.6) is 0 Å². The fourth-order valence-electron chi connectivity index (χ4n) is 1.02. The first-order valence-corrected chi connectivity index (χ1v) is 4.39. The SMILES string of the molecule is Cc1ccc(C(C)N=C=S)cc1F. The number of benzene rings is 1. The normalized spacial score (nSPS) is 11.9. The third kappa shape index (κ3) is 2.44. The van der Waals surface area contributed by atoms with Crippen molar-refractivity contribution >= 4 is 17.4 Å². The van der Waals surface area contributed by atoms with Crippen molar-refractivity contribution in [3.63, 3.8) is 0 Å². The van der Waals surface area contributed by atoms with Crippen LogP contribution < -0.4 is 0 Å². The Morgan fingerprint density at radius 2 is 2.23 bits per heavy atom. The van der Waals surface area contributed by atoms with Crippen LogP contribution in [0, 0.1) is 12.7 Å². The summed E-state index contributed by atoms with van der Waals surface area (Å²) in [6.07, 6.45) is 0. The Balaban J connectivity index is 3.03. The Bertz CT molecular complexity index is 356. The molecule has 0 N–H and O–H groups in total. The van der Waals surface area contributed by atoms with E-state index in [1.807, 2.05) is 13.0 Å². The summed E-state index contributed by atoms with van der Waals surface area (Å²) in [7, 11) is 0. The maximum absolute atomic E-state index is 13.1. The molecule has 1 rings (SSSR count). The summed E-state index contributed by atoms with van der Waals surface area (Å²) in [4.78, 5) is 3.86. The highest BCUT2D eigenvalue weighted by Gasteiger charge is 2.05. The van der Waals surface area contributed by atoms with Crippen molar-refractivity contribution < 1.29 is 4.39 Å². The van der Waals surface area contributed by atoms with Gasteiger partial charge >= 0.3 is 0 Å². The van der Waals surface area contributed by atoms with Crippen LogP contribution in [0.25, 0.3) is 0 Å². The van der Waals surface area contributed by atoms with E-state index >= 15 is 0 Å². The van der Waals surface area contributed by atoms with Crippen LogP contribution in [0.15, 0.2) is 23.2 Å². The quantitative estimate of drug-likeness (QED) is 0.521. The highest BCUT2D eigenvalue weighted by molar-refractivity contribution is 7.78. The van der Waals surface area contributed by atoms with E-state index in [-0.39, 0.29) is 11.9 Å². The zero-order valence-corrected chi connectivity index (χ0v) is 8.36. The van der Waals surface area contributed by atoms with Crippen LogP contribution in [0.4, 0.5) is 4.39 Å². The maximum atomic E-state index is 13.1. The van der Waals surface area contributed by atoms with Gasteiger partial charge in [-0.05, 0) is 43.3 Å². The van der Waals surface area contributed by atoms with Crippen LogP contribution in [0.2, 0.25) is 0 Å². The first-order valence-electron chi connectivity index (χ1n) is 3.98. The number of isothiocyanates is 1. The zero-order valence-electron chi connectivity index (χ0n) is 7.54. The highest BCUT2D eigenvalue weighted by Crippen LogP contribution is 2.18. The van der Waals surface area contributed by atoms with Gasteiger partial charge in [-0.15, -0.1) is 0 Å². The molecule has 13 heavy (non-hydrogen) atoms. The lowest BCUT2D eigenvalue weighted by Gasteiger charge is -2.05. The molecule has 0 saturated heterocycles. The minimum atomic E-state index is -0.205. The molecule has 0 bridgehead atoms. The predicted molar refractivity (Wildman–Crippen MR) is 54.6 cm³/mol. The van der Waals surface area contributed by atoms with Crippen molar-refractivity contribution in [1.82, 2.24) is 0 Å². The van der Waals surface area contributed by atoms with Gasteiger partial charge in [-0.1, -0.05) is 12.1 Å². The van der Waals surface area contributed by atoms with Crippen LogP contribution in [0.1, 0.15) is 24.1 Å². The molecule has 1 aromatic rings. The minimum absolute atomic E-state index is 0.118. The molecule has 1 aromatic carbocycles. The molecule has 1 atom stereocenters. The Labute approximate surface area is 82.3 Å². The number of hydrogen-bond donors (Lipinski definition) is 0. The molecule has 1 unspecified atom stereocenters. The summed E-state index contributed by atoms with van der Waals surface area (Å²) < 4.78 is 13.1. The van der Waals surface area contributed by atoms with E-state index in [0.29, 0.717) is 5.56 Å². The first kappa shape index (κ1) is 10.0. The summed E-state index contributed by atoms with van der Waals surface area (Å²) >= 11 is 4.48. The van der Waals surface area contributed by atoms with Gasteiger partial charge in [0.05, 0.1) is 11.2 Å². The molecule has 1 nitrogen and oxygen atoms in total. The van der Waals surface area contributed by atoms with Gasteiger partial charge in [-0.3, -0.25) is 0 Å². The second-order valence-corrected chi connectivity index (χ2v) is 3.09. The second kappa shape index (κ2) is 4.26. The van der Waals surface area contributed by atoms with E-state index in [4.69, 9.17) is 0 Å². The van der Waals surface area contributed by atoms with Gasteiger partial charge in [0.25, 0.3) is 0 Å². The highest BCUT2D eigenvalue weighted by atomic mass is 32.1. The molecule has 0 aliphatic rings. The molecule has 0 saturated carbocycles. The lowest BCUT2D eigenvalue weighted by molar-refractivity contribution is 0.613. The van der Waals surface area contributed by atoms with Gasteiger partial charge in [0.1, 0.15) is 5.82 Å². The number of thiocarbonyl (C=S) groups is 1. The van der Waals surface area contributed by atoms with Crippen molar-refractivity contribution in [2.45, 2.75) is 19.9 Å². The smallest absolute Gasteiger partial charge is 0.126 e. The Morgan fingerprint density at radius 3 is 2.77 bits per heavy atom. The molecule has 0 amide bonds. The number of hydrogen-bond acceptors (Lipinski definition) is 2. The van der Waals surface area contributed by atoms with Gasteiger partial charge in [0, 0.05) is 0 Å². The van der Waals surface area contributed by atoms with E-state index in [0.717, 1.165) is 5.56 Å². The summed E-state index contributed by atoms with van der Waals surface area (Å²) in [5.74, 6) is -0.205. The Hall–Kier alpha value is -1.05. The fraction of sp³-hybridized carbons (Fsp3) is 0.300. The average Bonchev–Trinajstić information content (AvgIpc) is 2.10. The van der Waals surface area contributed by atoms with Crippen LogP contribution in [0.3, 0.4) is 0 Å². The molecule has 0 radical (unpaired) electrons. The van der Waals surface area contributed by atoms with E-state index in [9.17, 15) is 4.39 Å². The molecule has 0 aliphatic heterocycles. The van der Waals surface area contributed by atoms with Crippen LogP contribution in [-0.2, 0) is 0 Å². The van der Waals surface area contributed by atoms with Crippen LogP contribution >= 0.6 is 12.2 Å². The maximum Gasteiger partial charge on any atom is 0.126 e. The van der Waals surface area contributed by atoms with Crippen molar-refractivity contribution in [1.29, 1.82) is 0 Å². The molecule has 0 aliphatic carbocycles. The Kier molecular flexibility index (Phi) is 3.29. The number of nitrogens with zero attached hydrogens (tertiary/aromatic N) is 1.